The first-order valence-electron chi connectivity index (χ1n) is 7.83. The molecule has 1 aliphatic carbocycles. The van der Waals surface area contributed by atoms with E-state index in [1.54, 1.807) is 0 Å². The topological polar surface area (TPSA) is 18.5 Å². The fourth-order valence-corrected chi connectivity index (χ4v) is 2.73. The van der Waals surface area contributed by atoms with Gasteiger partial charge in [-0.15, -0.1) is 0 Å². The molecule has 0 N–H and O–H groups in total. The Bertz CT molecular complexity index is 527. The number of hydrogen-bond acceptors (Lipinski definition) is 2. The molecule has 0 heterocycles. The maximum atomic E-state index is 6.02. The largest absolute Gasteiger partial charge is 0.490 e. The normalized spacial score (nSPS) is 15.6. The summed E-state index contributed by atoms with van der Waals surface area (Å²) in [7, 11) is 0. The van der Waals surface area contributed by atoms with Gasteiger partial charge in [0.2, 0.25) is 0 Å². The summed E-state index contributed by atoms with van der Waals surface area (Å²) in [5, 5.41) is 0. The molecule has 2 aromatic rings. The van der Waals surface area contributed by atoms with Crippen molar-refractivity contribution in [3.63, 3.8) is 0 Å². The highest BCUT2D eigenvalue weighted by Gasteiger charge is 2.14. The number of rotatable bonds is 5. The van der Waals surface area contributed by atoms with E-state index in [1.165, 1.54) is 37.7 Å². The van der Waals surface area contributed by atoms with Crippen molar-refractivity contribution in [2.45, 2.75) is 44.8 Å². The van der Waals surface area contributed by atoms with Gasteiger partial charge < -0.3 is 9.47 Å². The van der Waals surface area contributed by atoms with Gasteiger partial charge in [-0.05, 0) is 55.5 Å². The van der Waals surface area contributed by atoms with Crippen LogP contribution in [0.25, 0.3) is 0 Å². The van der Waals surface area contributed by atoms with E-state index >= 15 is 0 Å². The minimum atomic E-state index is 0.398. The molecular weight excluding hydrogens is 260 g/mol. The molecule has 2 nitrogen and oxygen atoms in total. The number of hydrogen-bond donors (Lipinski definition) is 0. The zero-order valence-electron chi connectivity index (χ0n) is 12.3. The highest BCUT2D eigenvalue weighted by Crippen LogP contribution is 2.25. The van der Waals surface area contributed by atoms with Crippen molar-refractivity contribution in [3.8, 4) is 11.5 Å². The van der Waals surface area contributed by atoms with Crippen molar-refractivity contribution in [2.75, 3.05) is 0 Å². The van der Waals surface area contributed by atoms with Crippen molar-refractivity contribution in [2.24, 2.45) is 0 Å². The highest BCUT2D eigenvalue weighted by molar-refractivity contribution is 5.31. The van der Waals surface area contributed by atoms with Crippen molar-refractivity contribution in [1.29, 1.82) is 0 Å². The third kappa shape index (κ3) is 4.25. The predicted octanol–water partition coefficient (Wildman–Crippen LogP) is 4.98. The summed E-state index contributed by atoms with van der Waals surface area (Å²) in [6.07, 6.45) is 6.71. The lowest BCUT2D eigenvalue weighted by Crippen LogP contribution is -2.19. The van der Waals surface area contributed by atoms with Crippen LogP contribution in [0.15, 0.2) is 54.6 Å². The van der Waals surface area contributed by atoms with E-state index in [0.29, 0.717) is 12.7 Å². The van der Waals surface area contributed by atoms with Gasteiger partial charge in [0.15, 0.2) is 0 Å². The molecule has 0 unspecified atom stereocenters. The number of ether oxygens (including phenoxy) is 2. The summed E-state index contributed by atoms with van der Waals surface area (Å²) in [4.78, 5) is 0. The molecule has 2 aromatic carbocycles. The Morgan fingerprint density at radius 3 is 2.14 bits per heavy atom. The van der Waals surface area contributed by atoms with Crippen molar-refractivity contribution in [1.82, 2.24) is 0 Å². The van der Waals surface area contributed by atoms with Crippen LogP contribution in [-0.2, 0) is 6.61 Å². The highest BCUT2D eigenvalue weighted by atomic mass is 16.5. The number of benzene rings is 2. The standard InChI is InChI=1S/C19H22O2/c1-3-7-16(8-4-1)15-20-17-11-13-19(14-12-17)21-18-9-5-2-6-10-18/h1,3-4,7-8,11-14,18H,2,5-6,9-10,15H2. The van der Waals surface area contributed by atoms with Crippen LogP contribution in [0.4, 0.5) is 0 Å². The van der Waals surface area contributed by atoms with Crippen molar-refractivity contribution in [3.05, 3.63) is 60.2 Å². The molecule has 0 radical (unpaired) electrons. The summed E-state index contributed by atoms with van der Waals surface area (Å²) in [6.45, 7) is 0.601. The van der Waals surface area contributed by atoms with E-state index in [0.717, 1.165) is 11.5 Å². The van der Waals surface area contributed by atoms with E-state index in [-0.39, 0.29) is 0 Å². The van der Waals surface area contributed by atoms with Gasteiger partial charge in [0, 0.05) is 0 Å². The summed E-state index contributed by atoms with van der Waals surface area (Å²) < 4.78 is 11.8. The maximum Gasteiger partial charge on any atom is 0.120 e. The molecule has 3 rings (SSSR count). The van der Waals surface area contributed by atoms with E-state index in [2.05, 4.69) is 12.1 Å². The monoisotopic (exact) mass is 282 g/mol. The van der Waals surface area contributed by atoms with E-state index in [1.807, 2.05) is 42.5 Å². The Labute approximate surface area is 126 Å². The maximum absolute atomic E-state index is 6.02. The van der Waals surface area contributed by atoms with Crippen LogP contribution < -0.4 is 9.47 Å². The molecule has 0 aliphatic heterocycles. The first kappa shape index (κ1) is 14.0. The molecule has 0 atom stereocenters. The van der Waals surface area contributed by atoms with Gasteiger partial charge in [0.05, 0.1) is 6.10 Å². The second-order valence-corrected chi connectivity index (χ2v) is 5.62. The van der Waals surface area contributed by atoms with E-state index in [4.69, 9.17) is 9.47 Å². The Hall–Kier alpha value is -1.96. The Balaban J connectivity index is 1.51. The first-order valence-corrected chi connectivity index (χ1v) is 7.83. The summed E-state index contributed by atoms with van der Waals surface area (Å²) in [6, 6.07) is 18.2. The molecule has 0 bridgehead atoms. The molecule has 2 heteroatoms. The van der Waals surface area contributed by atoms with Gasteiger partial charge in [-0.2, -0.15) is 0 Å². The molecular formula is C19H22O2. The van der Waals surface area contributed by atoms with Gasteiger partial charge in [0.25, 0.3) is 0 Å². The van der Waals surface area contributed by atoms with Gasteiger partial charge in [0.1, 0.15) is 18.1 Å². The van der Waals surface area contributed by atoms with Crippen LogP contribution in [0, 0.1) is 0 Å². The summed E-state index contributed by atoms with van der Waals surface area (Å²) in [5.74, 6) is 1.84. The zero-order chi connectivity index (χ0) is 14.3. The van der Waals surface area contributed by atoms with Gasteiger partial charge in [-0.1, -0.05) is 36.8 Å². The lowest BCUT2D eigenvalue weighted by atomic mass is 9.98. The van der Waals surface area contributed by atoms with E-state index in [9.17, 15) is 0 Å². The van der Waals surface area contributed by atoms with E-state index < -0.39 is 0 Å². The van der Waals surface area contributed by atoms with Crippen LogP contribution in [-0.4, -0.2) is 6.10 Å². The second-order valence-electron chi connectivity index (χ2n) is 5.62. The Morgan fingerprint density at radius 2 is 1.43 bits per heavy atom. The molecule has 0 amide bonds. The molecule has 1 fully saturated rings. The zero-order valence-corrected chi connectivity index (χ0v) is 12.3. The van der Waals surface area contributed by atoms with Crippen LogP contribution in [0.5, 0.6) is 11.5 Å². The fraction of sp³-hybridized carbons (Fsp3) is 0.368. The average Bonchev–Trinajstić information content (AvgIpc) is 2.56. The van der Waals surface area contributed by atoms with Crippen LogP contribution in [0.2, 0.25) is 0 Å². The lowest BCUT2D eigenvalue weighted by molar-refractivity contribution is 0.155. The molecule has 0 spiro atoms. The third-order valence-corrected chi connectivity index (χ3v) is 3.93. The molecule has 1 saturated carbocycles. The van der Waals surface area contributed by atoms with Crippen LogP contribution >= 0.6 is 0 Å². The van der Waals surface area contributed by atoms with Crippen LogP contribution in [0.3, 0.4) is 0 Å². The summed E-state index contributed by atoms with van der Waals surface area (Å²) >= 11 is 0. The minimum absolute atomic E-state index is 0.398. The Kier molecular flexibility index (Phi) is 4.78. The predicted molar refractivity (Wildman–Crippen MR) is 84.7 cm³/mol. The minimum Gasteiger partial charge on any atom is -0.490 e. The second kappa shape index (κ2) is 7.16. The quantitative estimate of drug-likeness (QED) is 0.770. The molecule has 1 aliphatic rings. The average molecular weight is 282 g/mol. The van der Waals surface area contributed by atoms with Crippen molar-refractivity contribution < 1.29 is 9.47 Å². The van der Waals surface area contributed by atoms with Gasteiger partial charge in [-0.25, -0.2) is 0 Å². The van der Waals surface area contributed by atoms with Gasteiger partial charge in [-0.3, -0.25) is 0 Å². The molecule has 21 heavy (non-hydrogen) atoms. The molecule has 0 aromatic heterocycles. The van der Waals surface area contributed by atoms with Gasteiger partial charge >= 0.3 is 0 Å². The van der Waals surface area contributed by atoms with Crippen LogP contribution in [0.1, 0.15) is 37.7 Å². The lowest BCUT2D eigenvalue weighted by Gasteiger charge is -2.23. The smallest absolute Gasteiger partial charge is 0.120 e. The Morgan fingerprint density at radius 1 is 0.762 bits per heavy atom. The molecule has 110 valence electrons. The SMILES string of the molecule is c1ccc(COc2ccc(OC3CCCCC3)cc2)cc1. The first-order chi connectivity index (χ1) is 10.4. The third-order valence-electron chi connectivity index (χ3n) is 3.93. The van der Waals surface area contributed by atoms with Crippen molar-refractivity contribution >= 4 is 0 Å². The summed E-state index contributed by atoms with van der Waals surface area (Å²) in [5.41, 5.74) is 1.18. The fourth-order valence-electron chi connectivity index (χ4n) is 2.73. The molecule has 0 saturated heterocycles.